The van der Waals surface area contributed by atoms with Gasteiger partial charge in [0.15, 0.2) is 16.2 Å². The summed E-state index contributed by atoms with van der Waals surface area (Å²) >= 11 is 1.28. The Hall–Kier alpha value is -2.67. The van der Waals surface area contributed by atoms with Gasteiger partial charge in [-0.05, 0) is 36.8 Å². The Morgan fingerprint density at radius 2 is 1.85 bits per heavy atom. The molecular weight excluding hydrogens is 364 g/mol. The number of ether oxygens (including phenoxy) is 2. The van der Waals surface area contributed by atoms with E-state index < -0.39 is 4.75 Å². The Balaban J connectivity index is 1.80. The van der Waals surface area contributed by atoms with Gasteiger partial charge in [-0.25, -0.2) is 0 Å². The fourth-order valence-corrected chi connectivity index (χ4v) is 4.20. The molecule has 0 spiro atoms. The highest BCUT2D eigenvalue weighted by molar-refractivity contribution is 8.02. The van der Waals surface area contributed by atoms with Crippen LogP contribution in [0.2, 0.25) is 0 Å². The number of thioether (sulfide) groups is 1. The minimum absolute atomic E-state index is 0.255. The molecule has 2 aromatic rings. The van der Waals surface area contributed by atoms with Crippen LogP contribution in [0.15, 0.2) is 47.4 Å². The molecule has 1 unspecified atom stereocenters. The number of carbonyl (C=O) groups is 2. The first-order valence-corrected chi connectivity index (χ1v) is 9.26. The van der Waals surface area contributed by atoms with Crippen molar-refractivity contribution < 1.29 is 19.1 Å². The van der Waals surface area contributed by atoms with Gasteiger partial charge in [-0.15, -0.1) is 0 Å². The van der Waals surface area contributed by atoms with E-state index in [4.69, 9.17) is 9.47 Å². The van der Waals surface area contributed by atoms with Crippen molar-refractivity contribution >= 4 is 29.3 Å². The van der Waals surface area contributed by atoms with E-state index in [-0.39, 0.29) is 11.8 Å². The summed E-state index contributed by atoms with van der Waals surface area (Å²) in [6.07, 6.45) is 0. The number of carbonyl (C=O) groups excluding carboxylic acids is 2. The second-order valence-electron chi connectivity index (χ2n) is 6.44. The van der Waals surface area contributed by atoms with Gasteiger partial charge in [0.05, 0.1) is 19.9 Å². The van der Waals surface area contributed by atoms with Crippen LogP contribution in [0.5, 0.6) is 11.5 Å². The lowest BCUT2D eigenvalue weighted by molar-refractivity contribution is -0.137. The highest BCUT2D eigenvalue weighted by Gasteiger charge is 2.47. The molecule has 1 heterocycles. The van der Waals surface area contributed by atoms with E-state index in [1.165, 1.54) is 11.8 Å². The zero-order valence-electron chi connectivity index (χ0n) is 15.7. The first-order chi connectivity index (χ1) is 12.9. The summed E-state index contributed by atoms with van der Waals surface area (Å²) in [6.45, 7) is 2.01. The fraction of sp³-hybridized carbons (Fsp3) is 0.300. The molecule has 0 bridgehead atoms. The van der Waals surface area contributed by atoms with Crippen LogP contribution in [0.1, 0.15) is 12.5 Å². The lowest BCUT2D eigenvalue weighted by atomic mass is 10.1. The van der Waals surface area contributed by atoms with Crippen molar-refractivity contribution in [3.63, 3.8) is 0 Å². The second kappa shape index (κ2) is 7.52. The molecule has 1 aliphatic rings. The third kappa shape index (κ3) is 3.60. The maximum atomic E-state index is 13.1. The molecule has 2 amide bonds. The summed E-state index contributed by atoms with van der Waals surface area (Å²) < 4.78 is 9.33. The number of hydrogen-bond acceptors (Lipinski definition) is 5. The Bertz CT molecular complexity index is 886. The van der Waals surface area contributed by atoms with Gasteiger partial charge in [0.25, 0.3) is 0 Å². The van der Waals surface area contributed by atoms with E-state index in [9.17, 15) is 9.59 Å². The smallest absolute Gasteiger partial charge is 0.250 e. The van der Waals surface area contributed by atoms with Crippen molar-refractivity contribution in [1.29, 1.82) is 0 Å². The van der Waals surface area contributed by atoms with Crippen molar-refractivity contribution in [1.82, 2.24) is 4.90 Å². The molecule has 3 rings (SSSR count). The number of para-hydroxylation sites is 1. The van der Waals surface area contributed by atoms with Gasteiger partial charge in [0.2, 0.25) is 11.8 Å². The topological polar surface area (TPSA) is 67.9 Å². The monoisotopic (exact) mass is 386 g/mol. The van der Waals surface area contributed by atoms with Crippen LogP contribution in [-0.2, 0) is 16.1 Å². The number of amides is 2. The fourth-order valence-electron chi connectivity index (χ4n) is 3.00. The van der Waals surface area contributed by atoms with E-state index in [2.05, 4.69) is 5.32 Å². The van der Waals surface area contributed by atoms with Crippen LogP contribution in [-0.4, -0.2) is 42.7 Å². The van der Waals surface area contributed by atoms with E-state index in [0.29, 0.717) is 18.0 Å². The van der Waals surface area contributed by atoms with Gasteiger partial charge in [0.1, 0.15) is 0 Å². The quantitative estimate of drug-likeness (QED) is 0.800. The van der Waals surface area contributed by atoms with Crippen LogP contribution in [0.4, 0.5) is 5.69 Å². The molecule has 6 nitrogen and oxygen atoms in total. The largest absolute Gasteiger partial charge is 0.493 e. The van der Waals surface area contributed by atoms with E-state index in [1.807, 2.05) is 36.4 Å². The van der Waals surface area contributed by atoms with Crippen LogP contribution in [0.25, 0.3) is 0 Å². The third-order valence-electron chi connectivity index (χ3n) is 4.51. The van der Waals surface area contributed by atoms with Crippen molar-refractivity contribution in [3.8, 4) is 11.5 Å². The zero-order chi connectivity index (χ0) is 19.6. The number of fused-ring (bicyclic) bond motifs is 1. The lowest BCUT2D eigenvalue weighted by Crippen LogP contribution is -2.52. The highest BCUT2D eigenvalue weighted by Crippen LogP contribution is 2.43. The summed E-state index contributed by atoms with van der Waals surface area (Å²) in [5.74, 6) is 0.659. The summed E-state index contributed by atoms with van der Waals surface area (Å²) in [6, 6.07) is 13.0. The summed E-state index contributed by atoms with van der Waals surface area (Å²) in [5, 5.41) is 2.84. The molecule has 142 valence electrons. The normalized spacial score (nSPS) is 18.3. The zero-order valence-corrected chi connectivity index (χ0v) is 16.6. The van der Waals surface area contributed by atoms with Crippen LogP contribution in [0, 0.1) is 0 Å². The van der Waals surface area contributed by atoms with Gasteiger partial charge >= 0.3 is 0 Å². The number of methoxy groups -OCH3 is 2. The molecule has 0 fully saturated rings. The molecular formula is C20H22N2O4S. The minimum atomic E-state index is -1.22. The molecule has 7 heteroatoms. The number of rotatable bonds is 5. The summed E-state index contributed by atoms with van der Waals surface area (Å²) in [5.41, 5.74) is 1.62. The Morgan fingerprint density at radius 3 is 2.56 bits per heavy atom. The molecule has 1 atom stereocenters. The van der Waals surface area contributed by atoms with Crippen molar-refractivity contribution in [2.24, 2.45) is 0 Å². The predicted molar refractivity (Wildman–Crippen MR) is 105 cm³/mol. The van der Waals surface area contributed by atoms with E-state index in [1.54, 1.807) is 39.2 Å². The molecule has 0 aromatic heterocycles. The molecule has 0 saturated carbocycles. The molecule has 0 saturated heterocycles. The van der Waals surface area contributed by atoms with Gasteiger partial charge in [-0.1, -0.05) is 30.0 Å². The molecule has 1 N–H and O–H groups in total. The van der Waals surface area contributed by atoms with Crippen LogP contribution in [0.3, 0.4) is 0 Å². The van der Waals surface area contributed by atoms with Gasteiger partial charge in [0, 0.05) is 18.5 Å². The Labute approximate surface area is 162 Å². The van der Waals surface area contributed by atoms with E-state index >= 15 is 0 Å². The summed E-state index contributed by atoms with van der Waals surface area (Å²) in [4.78, 5) is 28.2. The SMILES string of the molecule is COc1ccc(CN(C)C(=O)C2(C)Sc3ccccc3NC2=O)cc1OC. The van der Waals surface area contributed by atoms with Crippen molar-refractivity contribution in [3.05, 3.63) is 48.0 Å². The average Bonchev–Trinajstić information content (AvgIpc) is 2.68. The molecule has 27 heavy (non-hydrogen) atoms. The number of hydrogen-bond donors (Lipinski definition) is 1. The second-order valence-corrected chi connectivity index (χ2v) is 7.90. The number of anilines is 1. The van der Waals surface area contributed by atoms with Crippen LogP contribution < -0.4 is 14.8 Å². The molecule has 0 aliphatic carbocycles. The molecule has 0 radical (unpaired) electrons. The number of benzene rings is 2. The first-order valence-electron chi connectivity index (χ1n) is 8.45. The van der Waals surface area contributed by atoms with Gasteiger partial charge < -0.3 is 19.7 Å². The van der Waals surface area contributed by atoms with Gasteiger partial charge in [-0.2, -0.15) is 0 Å². The Morgan fingerprint density at radius 1 is 1.15 bits per heavy atom. The maximum Gasteiger partial charge on any atom is 0.250 e. The van der Waals surface area contributed by atoms with Gasteiger partial charge in [-0.3, -0.25) is 9.59 Å². The predicted octanol–water partition coefficient (Wildman–Crippen LogP) is 3.17. The lowest BCUT2D eigenvalue weighted by Gasteiger charge is -2.34. The first kappa shape index (κ1) is 19.1. The molecule has 2 aromatic carbocycles. The number of nitrogens with zero attached hydrogens (tertiary/aromatic N) is 1. The van der Waals surface area contributed by atoms with Crippen LogP contribution >= 0.6 is 11.8 Å². The average molecular weight is 386 g/mol. The third-order valence-corrected chi connectivity index (χ3v) is 5.85. The highest BCUT2D eigenvalue weighted by atomic mass is 32.2. The Kier molecular flexibility index (Phi) is 5.32. The molecule has 1 aliphatic heterocycles. The minimum Gasteiger partial charge on any atom is -0.493 e. The maximum absolute atomic E-state index is 13.1. The van der Waals surface area contributed by atoms with Crippen molar-refractivity contribution in [2.45, 2.75) is 23.1 Å². The summed E-state index contributed by atoms with van der Waals surface area (Å²) in [7, 11) is 4.83. The van der Waals surface area contributed by atoms with E-state index in [0.717, 1.165) is 16.1 Å². The van der Waals surface area contributed by atoms with Crippen molar-refractivity contribution in [2.75, 3.05) is 26.6 Å². The standard InChI is InChI=1S/C20H22N2O4S/c1-20(18(23)21-14-7-5-6-8-17(14)27-20)19(24)22(2)12-13-9-10-15(25-3)16(11-13)26-4/h5-11H,12H2,1-4H3,(H,21,23). The number of nitrogens with one attached hydrogen (secondary N) is 1.